The van der Waals surface area contributed by atoms with Gasteiger partial charge >= 0.3 is 0 Å². The van der Waals surface area contributed by atoms with Gasteiger partial charge in [0.1, 0.15) is 5.78 Å². The Kier molecular flexibility index (Phi) is 3.73. The molecule has 0 aromatic rings. The first-order valence-corrected chi connectivity index (χ1v) is 7.24. The first kappa shape index (κ1) is 11.5. The van der Waals surface area contributed by atoms with Crippen LogP contribution in [0.15, 0.2) is 0 Å². The quantitative estimate of drug-likeness (QED) is 0.735. The molecule has 0 aromatic heterocycles. The number of hydrogen-bond donors (Lipinski definition) is 0. The third-order valence-corrected chi connectivity index (χ3v) is 4.80. The normalized spacial score (nSPS) is 33.3. The number of thioether (sulfide) groups is 1. The minimum absolute atomic E-state index is 0.495. The topological polar surface area (TPSA) is 20.3 Å². The fourth-order valence-corrected chi connectivity index (χ4v) is 3.85. The number of carbonyl (C=O) groups is 1. The SMILES string of the molecule is CCSCC(C)N1C2CCC1CC(=O)C2. The number of rotatable bonds is 4. The number of fused-ring (bicyclic) bond motifs is 2. The smallest absolute Gasteiger partial charge is 0.136 e. The molecular formula is C12H21NOS. The summed E-state index contributed by atoms with van der Waals surface area (Å²) >= 11 is 2.02. The molecule has 3 atom stereocenters. The largest absolute Gasteiger partial charge is 0.300 e. The first-order chi connectivity index (χ1) is 7.22. The summed E-state index contributed by atoms with van der Waals surface area (Å²) in [7, 11) is 0. The van der Waals surface area contributed by atoms with E-state index in [-0.39, 0.29) is 0 Å². The number of piperidine rings is 1. The summed E-state index contributed by atoms with van der Waals surface area (Å²) in [5.41, 5.74) is 0. The van der Waals surface area contributed by atoms with Crippen LogP contribution in [-0.4, -0.2) is 40.3 Å². The van der Waals surface area contributed by atoms with E-state index in [1.807, 2.05) is 11.8 Å². The Bertz CT molecular complexity index is 228. The van der Waals surface area contributed by atoms with Gasteiger partial charge < -0.3 is 0 Å². The monoisotopic (exact) mass is 227 g/mol. The lowest BCUT2D eigenvalue weighted by Gasteiger charge is -2.38. The summed E-state index contributed by atoms with van der Waals surface area (Å²) < 4.78 is 0. The first-order valence-electron chi connectivity index (χ1n) is 6.09. The van der Waals surface area contributed by atoms with Gasteiger partial charge in [-0.25, -0.2) is 0 Å². The van der Waals surface area contributed by atoms with Gasteiger partial charge in [-0.15, -0.1) is 0 Å². The van der Waals surface area contributed by atoms with Crippen molar-refractivity contribution in [2.75, 3.05) is 11.5 Å². The average molecular weight is 227 g/mol. The lowest BCUT2D eigenvalue weighted by atomic mass is 10.00. The van der Waals surface area contributed by atoms with E-state index >= 15 is 0 Å². The van der Waals surface area contributed by atoms with Crippen molar-refractivity contribution < 1.29 is 4.79 Å². The molecule has 0 amide bonds. The highest BCUT2D eigenvalue weighted by Gasteiger charge is 2.41. The van der Waals surface area contributed by atoms with Crippen molar-refractivity contribution in [1.29, 1.82) is 0 Å². The zero-order valence-corrected chi connectivity index (χ0v) is 10.6. The molecule has 0 radical (unpaired) electrons. The van der Waals surface area contributed by atoms with Gasteiger partial charge in [-0.3, -0.25) is 9.69 Å². The van der Waals surface area contributed by atoms with Gasteiger partial charge in [0.15, 0.2) is 0 Å². The summed E-state index contributed by atoms with van der Waals surface area (Å²) in [5, 5.41) is 0. The van der Waals surface area contributed by atoms with Crippen LogP contribution in [0.25, 0.3) is 0 Å². The molecule has 0 N–H and O–H groups in total. The van der Waals surface area contributed by atoms with E-state index in [0.717, 1.165) is 12.8 Å². The van der Waals surface area contributed by atoms with E-state index in [1.54, 1.807) is 0 Å². The number of nitrogens with zero attached hydrogens (tertiary/aromatic N) is 1. The average Bonchev–Trinajstić information content (AvgIpc) is 2.48. The second kappa shape index (κ2) is 4.88. The van der Waals surface area contributed by atoms with Crippen LogP contribution in [-0.2, 0) is 4.79 Å². The maximum absolute atomic E-state index is 11.5. The van der Waals surface area contributed by atoms with Crippen molar-refractivity contribution in [2.24, 2.45) is 0 Å². The van der Waals surface area contributed by atoms with Crippen molar-refractivity contribution in [3.63, 3.8) is 0 Å². The van der Waals surface area contributed by atoms with Gasteiger partial charge in [-0.05, 0) is 25.5 Å². The molecular weight excluding hydrogens is 206 g/mol. The Balaban J connectivity index is 1.95. The van der Waals surface area contributed by atoms with Gasteiger partial charge in [0, 0.05) is 36.7 Å². The molecule has 2 aliphatic heterocycles. The number of hydrogen-bond acceptors (Lipinski definition) is 3. The second-order valence-corrected chi connectivity index (χ2v) is 6.11. The molecule has 2 rings (SSSR count). The lowest BCUT2D eigenvalue weighted by Crippen LogP contribution is -2.48. The van der Waals surface area contributed by atoms with Crippen LogP contribution in [0, 0.1) is 0 Å². The molecule has 2 bridgehead atoms. The van der Waals surface area contributed by atoms with Crippen LogP contribution < -0.4 is 0 Å². The number of ketones is 1. The van der Waals surface area contributed by atoms with E-state index in [1.165, 1.54) is 24.3 Å². The third-order valence-electron chi connectivity index (χ3n) is 3.68. The summed E-state index contributed by atoms with van der Waals surface area (Å²) in [6.07, 6.45) is 4.13. The predicted molar refractivity (Wildman–Crippen MR) is 65.4 cm³/mol. The summed E-state index contributed by atoms with van der Waals surface area (Å²) in [5.74, 6) is 2.92. The molecule has 0 aromatic carbocycles. The zero-order chi connectivity index (χ0) is 10.8. The highest BCUT2D eigenvalue weighted by molar-refractivity contribution is 7.99. The molecule has 86 valence electrons. The van der Waals surface area contributed by atoms with Crippen molar-refractivity contribution in [1.82, 2.24) is 4.90 Å². The Morgan fingerprint density at radius 3 is 2.53 bits per heavy atom. The predicted octanol–water partition coefficient (Wildman–Crippen LogP) is 2.32. The summed E-state index contributed by atoms with van der Waals surface area (Å²) in [4.78, 5) is 14.1. The van der Waals surface area contributed by atoms with Gasteiger partial charge in [-0.1, -0.05) is 6.92 Å². The van der Waals surface area contributed by atoms with E-state index < -0.39 is 0 Å². The van der Waals surface area contributed by atoms with Gasteiger partial charge in [0.05, 0.1) is 0 Å². The van der Waals surface area contributed by atoms with Gasteiger partial charge in [-0.2, -0.15) is 11.8 Å². The Morgan fingerprint density at radius 1 is 1.40 bits per heavy atom. The van der Waals surface area contributed by atoms with Crippen molar-refractivity contribution in [3.05, 3.63) is 0 Å². The molecule has 15 heavy (non-hydrogen) atoms. The Labute approximate surface area is 96.8 Å². The fraction of sp³-hybridized carbons (Fsp3) is 0.917. The fourth-order valence-electron chi connectivity index (χ4n) is 3.10. The molecule has 3 unspecified atom stereocenters. The molecule has 0 saturated carbocycles. The minimum Gasteiger partial charge on any atom is -0.300 e. The molecule has 3 heteroatoms. The summed E-state index contributed by atoms with van der Waals surface area (Å²) in [6.45, 7) is 4.54. The van der Waals surface area contributed by atoms with Crippen LogP contribution in [0.1, 0.15) is 39.5 Å². The lowest BCUT2D eigenvalue weighted by molar-refractivity contribution is -0.124. The second-order valence-electron chi connectivity index (χ2n) is 4.79. The maximum atomic E-state index is 11.5. The highest BCUT2D eigenvalue weighted by atomic mass is 32.2. The molecule has 2 saturated heterocycles. The standard InChI is InChI=1S/C12H21NOS/c1-3-15-8-9(2)13-10-4-5-11(13)7-12(14)6-10/h9-11H,3-8H2,1-2H3. The van der Waals surface area contributed by atoms with E-state index in [9.17, 15) is 4.79 Å². The van der Waals surface area contributed by atoms with Gasteiger partial charge in [0.2, 0.25) is 0 Å². The molecule has 2 fully saturated rings. The molecule has 0 spiro atoms. The Hall–Kier alpha value is -0.0200. The van der Waals surface area contributed by atoms with Gasteiger partial charge in [0.25, 0.3) is 0 Å². The molecule has 2 nitrogen and oxygen atoms in total. The van der Waals surface area contributed by atoms with Crippen molar-refractivity contribution >= 4 is 17.5 Å². The molecule has 0 aliphatic carbocycles. The van der Waals surface area contributed by atoms with Crippen molar-refractivity contribution in [3.8, 4) is 0 Å². The zero-order valence-electron chi connectivity index (χ0n) is 9.74. The molecule has 2 aliphatic rings. The minimum atomic E-state index is 0.495. The summed E-state index contributed by atoms with van der Waals surface area (Å²) in [6, 6.07) is 1.80. The maximum Gasteiger partial charge on any atom is 0.136 e. The van der Waals surface area contributed by atoms with E-state index in [2.05, 4.69) is 18.7 Å². The molecule has 2 heterocycles. The van der Waals surface area contributed by atoms with Crippen LogP contribution in [0.2, 0.25) is 0 Å². The third kappa shape index (κ3) is 2.39. The highest BCUT2D eigenvalue weighted by Crippen LogP contribution is 2.36. The van der Waals surface area contributed by atoms with Crippen LogP contribution in [0.5, 0.6) is 0 Å². The van der Waals surface area contributed by atoms with Crippen LogP contribution in [0.4, 0.5) is 0 Å². The van der Waals surface area contributed by atoms with Crippen LogP contribution in [0.3, 0.4) is 0 Å². The van der Waals surface area contributed by atoms with Crippen LogP contribution >= 0.6 is 11.8 Å². The van der Waals surface area contributed by atoms with E-state index in [4.69, 9.17) is 0 Å². The number of carbonyl (C=O) groups excluding carboxylic acids is 1. The van der Waals surface area contributed by atoms with E-state index in [0.29, 0.717) is 23.9 Å². The number of Topliss-reactive ketones (excluding diaryl/α,β-unsaturated/α-hetero) is 1. The van der Waals surface area contributed by atoms with Crippen molar-refractivity contribution in [2.45, 2.75) is 57.7 Å². The Morgan fingerprint density at radius 2 is 2.00 bits per heavy atom.